The molecule has 0 unspecified atom stereocenters. The number of carbonyl (C=O) groups is 5. The van der Waals surface area contributed by atoms with Gasteiger partial charge in [-0.1, -0.05) is 30.6 Å². The molecule has 4 aromatic rings. The van der Waals surface area contributed by atoms with Crippen molar-refractivity contribution in [1.29, 1.82) is 0 Å². The van der Waals surface area contributed by atoms with Crippen LogP contribution in [0.3, 0.4) is 0 Å². The molecule has 4 aromatic carbocycles. The Hall–Kier alpha value is -6.93. The van der Waals surface area contributed by atoms with Crippen molar-refractivity contribution >= 4 is 41.2 Å². The molecule has 0 saturated heterocycles. The van der Waals surface area contributed by atoms with Gasteiger partial charge < -0.3 is 30.4 Å². The number of rotatable bonds is 4. The van der Waals surface area contributed by atoms with E-state index in [1.165, 1.54) is 31.4 Å². The fourth-order valence-electron chi connectivity index (χ4n) is 4.08. The Kier molecular flexibility index (Phi) is 10.9. The quantitative estimate of drug-likeness (QED) is 0.0535. The molecule has 0 amide bonds. The van der Waals surface area contributed by atoms with Crippen LogP contribution in [-0.2, 0) is 19.0 Å². The van der Waals surface area contributed by atoms with Gasteiger partial charge in [-0.3, -0.25) is 0 Å². The lowest BCUT2D eigenvalue weighted by molar-refractivity contribution is -0.135. The molecule has 6 rings (SSSR count). The van der Waals surface area contributed by atoms with Crippen molar-refractivity contribution in [2.75, 3.05) is 18.6 Å². The van der Waals surface area contributed by atoms with Crippen molar-refractivity contribution < 1.29 is 42.9 Å². The number of methoxy groups -OCH3 is 1. The SMILES string of the molecule is C=C(/C=C\C)C(=O)OC.Nc1ccc(Oc2ccc(N)cc2)cc1.O=C1OC(=O)c2cc(C#Cc3ccc4c(c3)C(=O)OC4=O)ccc21. The molecular weight excluding hydrogens is 616 g/mol. The lowest BCUT2D eigenvalue weighted by Crippen LogP contribution is -2.00. The average Bonchev–Trinajstić information content (AvgIpc) is 3.54. The third-order valence-electron chi connectivity index (χ3n) is 6.45. The minimum Gasteiger partial charge on any atom is -0.465 e. The molecule has 48 heavy (non-hydrogen) atoms. The highest BCUT2D eigenvalue weighted by Gasteiger charge is 2.30. The van der Waals surface area contributed by atoms with Crippen molar-refractivity contribution in [1.82, 2.24) is 0 Å². The molecule has 2 heterocycles. The maximum Gasteiger partial charge on any atom is 0.346 e. The minimum absolute atomic E-state index is 0.176. The van der Waals surface area contributed by atoms with Gasteiger partial charge >= 0.3 is 29.8 Å². The van der Waals surface area contributed by atoms with Crippen LogP contribution in [0, 0.1) is 11.8 Å². The van der Waals surface area contributed by atoms with Gasteiger partial charge in [-0.25, -0.2) is 24.0 Å². The number of ether oxygens (including phenoxy) is 4. The summed E-state index contributed by atoms with van der Waals surface area (Å²) < 4.78 is 19.0. The number of carbonyl (C=O) groups excluding carboxylic acids is 5. The maximum absolute atomic E-state index is 11.5. The molecule has 0 spiro atoms. The first-order valence-electron chi connectivity index (χ1n) is 14.1. The predicted molar refractivity (Wildman–Crippen MR) is 176 cm³/mol. The molecule has 0 bridgehead atoms. The fraction of sp³-hybridized carbons (Fsp3) is 0.0541. The van der Waals surface area contributed by atoms with Crippen molar-refractivity contribution in [3.05, 3.63) is 143 Å². The first-order valence-corrected chi connectivity index (χ1v) is 14.1. The highest BCUT2D eigenvalue weighted by molar-refractivity contribution is 6.15. The molecule has 4 N–H and O–H groups in total. The summed E-state index contributed by atoms with van der Waals surface area (Å²) in [5, 5.41) is 0. The van der Waals surface area contributed by atoms with Gasteiger partial charge in [0.1, 0.15) is 11.5 Å². The van der Waals surface area contributed by atoms with Gasteiger partial charge in [0.05, 0.1) is 34.9 Å². The summed E-state index contributed by atoms with van der Waals surface area (Å²) in [6.07, 6.45) is 3.34. The Morgan fingerprint density at radius 2 is 1.06 bits per heavy atom. The van der Waals surface area contributed by atoms with Gasteiger partial charge in [-0.05, 0) is 91.9 Å². The van der Waals surface area contributed by atoms with E-state index in [1.807, 2.05) is 31.2 Å². The van der Waals surface area contributed by atoms with Gasteiger partial charge in [0.2, 0.25) is 0 Å². The molecule has 0 aromatic heterocycles. The summed E-state index contributed by atoms with van der Waals surface area (Å²) in [6.45, 7) is 5.27. The van der Waals surface area contributed by atoms with Gasteiger partial charge in [0, 0.05) is 22.5 Å². The first-order chi connectivity index (χ1) is 23.0. The molecule has 0 radical (unpaired) electrons. The van der Waals surface area contributed by atoms with E-state index in [0.29, 0.717) is 16.7 Å². The summed E-state index contributed by atoms with van der Waals surface area (Å²) >= 11 is 0. The van der Waals surface area contributed by atoms with Gasteiger partial charge in [-0.15, -0.1) is 0 Å². The Bertz CT molecular complexity index is 1890. The number of allylic oxidation sites excluding steroid dienone is 1. The van der Waals surface area contributed by atoms with E-state index in [4.69, 9.17) is 16.2 Å². The Morgan fingerprint density at radius 3 is 1.44 bits per heavy atom. The van der Waals surface area contributed by atoms with Crippen molar-refractivity contribution in [2.24, 2.45) is 0 Å². The number of nitrogens with two attached hydrogens (primary N) is 2. The molecule has 0 saturated carbocycles. The Morgan fingerprint density at radius 1 is 0.667 bits per heavy atom. The number of esters is 5. The van der Waals surface area contributed by atoms with E-state index >= 15 is 0 Å². The van der Waals surface area contributed by atoms with Crippen LogP contribution in [0.4, 0.5) is 11.4 Å². The lowest BCUT2D eigenvalue weighted by Gasteiger charge is -2.05. The van der Waals surface area contributed by atoms with Crippen molar-refractivity contribution in [3.63, 3.8) is 0 Å². The zero-order valence-corrected chi connectivity index (χ0v) is 25.8. The third-order valence-corrected chi connectivity index (χ3v) is 6.45. The standard InChI is InChI=1S/C18H6O6.C12H12N2O.C7H10O2/c19-15-11-5-3-9(7-13(11)17(21)23-15)1-2-10-4-6-12-14(8-10)18(22)24-16(12)20;13-9-1-5-11(6-2-9)15-12-7-3-10(14)4-8-12;1-4-5-6(2)7(8)9-3/h3-8H;1-8H,13-14H2;4-5H,2H2,1,3H3/b;;5-4-. The lowest BCUT2D eigenvalue weighted by atomic mass is 10.0. The van der Waals surface area contributed by atoms with E-state index in [-0.39, 0.29) is 28.2 Å². The molecule has 0 fully saturated rings. The van der Waals surface area contributed by atoms with Crippen LogP contribution in [0.2, 0.25) is 0 Å². The molecule has 11 nitrogen and oxygen atoms in total. The summed E-state index contributed by atoms with van der Waals surface area (Å²) in [5.41, 5.74) is 14.8. The van der Waals surface area contributed by atoms with E-state index in [0.717, 1.165) is 22.9 Å². The monoisotopic (exact) mass is 644 g/mol. The first kappa shape index (κ1) is 34.0. The maximum atomic E-state index is 11.5. The molecule has 2 aliphatic rings. The second kappa shape index (κ2) is 15.4. The zero-order valence-electron chi connectivity index (χ0n) is 25.8. The summed E-state index contributed by atoms with van der Waals surface area (Å²) in [5.74, 6) is 4.08. The number of hydrogen-bond donors (Lipinski definition) is 2. The van der Waals surface area contributed by atoms with Crippen LogP contribution in [0.1, 0.15) is 59.5 Å². The summed E-state index contributed by atoms with van der Waals surface area (Å²) in [7, 11) is 1.33. The molecule has 11 heteroatoms. The summed E-state index contributed by atoms with van der Waals surface area (Å²) in [6, 6.07) is 23.6. The topological polar surface area (TPSA) is 174 Å². The van der Waals surface area contributed by atoms with Crippen LogP contribution in [-0.4, -0.2) is 37.0 Å². The largest absolute Gasteiger partial charge is 0.465 e. The van der Waals surface area contributed by atoms with E-state index in [1.54, 1.807) is 48.6 Å². The zero-order chi connectivity index (χ0) is 34.8. The van der Waals surface area contributed by atoms with Gasteiger partial charge in [-0.2, -0.15) is 0 Å². The molecule has 0 aliphatic carbocycles. The Labute approximate surface area is 275 Å². The van der Waals surface area contributed by atoms with Crippen LogP contribution >= 0.6 is 0 Å². The smallest absolute Gasteiger partial charge is 0.346 e. The number of fused-ring (bicyclic) bond motifs is 2. The Balaban J connectivity index is 0.000000185. The summed E-state index contributed by atoms with van der Waals surface area (Å²) in [4.78, 5) is 56.3. The van der Waals surface area contributed by atoms with E-state index in [9.17, 15) is 24.0 Å². The third kappa shape index (κ3) is 8.62. The van der Waals surface area contributed by atoms with Gasteiger partial charge in [0.15, 0.2) is 0 Å². The van der Waals surface area contributed by atoms with Crippen molar-refractivity contribution in [2.45, 2.75) is 6.92 Å². The highest BCUT2D eigenvalue weighted by atomic mass is 16.6. The molecule has 240 valence electrons. The van der Waals surface area contributed by atoms with Gasteiger partial charge in [0.25, 0.3) is 0 Å². The normalized spacial score (nSPS) is 12.1. The number of hydrogen-bond acceptors (Lipinski definition) is 11. The minimum atomic E-state index is -0.697. The number of anilines is 2. The number of nitrogen functional groups attached to an aromatic ring is 2. The second-order valence-corrected chi connectivity index (χ2v) is 9.88. The molecular formula is C37H28N2O9. The second-order valence-electron chi connectivity index (χ2n) is 9.88. The van der Waals surface area contributed by atoms with Crippen LogP contribution < -0.4 is 16.2 Å². The molecule has 0 atom stereocenters. The average molecular weight is 645 g/mol. The van der Waals surface area contributed by atoms with E-state index < -0.39 is 23.9 Å². The molecule has 2 aliphatic heterocycles. The van der Waals surface area contributed by atoms with Crippen molar-refractivity contribution in [3.8, 4) is 23.3 Å². The van der Waals surface area contributed by atoms with Crippen LogP contribution in [0.5, 0.6) is 11.5 Å². The van der Waals surface area contributed by atoms with Crippen LogP contribution in [0.25, 0.3) is 0 Å². The highest BCUT2D eigenvalue weighted by Crippen LogP contribution is 2.24. The van der Waals surface area contributed by atoms with E-state index in [2.05, 4.69) is 32.6 Å². The van der Waals surface area contributed by atoms with Crippen LogP contribution in [0.15, 0.2) is 109 Å². The number of benzene rings is 4. The number of cyclic esters (lactones) is 4. The predicted octanol–water partition coefficient (Wildman–Crippen LogP) is 5.64. The fourth-order valence-corrected chi connectivity index (χ4v) is 4.08.